The van der Waals surface area contributed by atoms with E-state index in [4.69, 9.17) is 4.74 Å². The first kappa shape index (κ1) is 19.2. The van der Waals surface area contributed by atoms with Crippen molar-refractivity contribution in [3.8, 4) is 0 Å². The van der Waals surface area contributed by atoms with Crippen molar-refractivity contribution in [1.82, 2.24) is 0 Å². The Morgan fingerprint density at radius 3 is 2.22 bits per heavy atom. The molecule has 0 aliphatic heterocycles. The second-order valence-electron chi connectivity index (χ2n) is 6.37. The van der Waals surface area contributed by atoms with Crippen LogP contribution in [0.4, 0.5) is 0 Å². The first-order chi connectivity index (χ1) is 10.5. The maximum Gasteiger partial charge on any atom is 0.308 e. The van der Waals surface area contributed by atoms with Gasteiger partial charge in [-0.15, -0.1) is 0 Å². The molecule has 7 heteroatoms. The Morgan fingerprint density at radius 1 is 1.17 bits per heavy atom. The molecule has 23 heavy (non-hydrogen) atoms. The number of hydrogen-bond donors (Lipinski definition) is 1. The van der Waals surface area contributed by atoms with E-state index >= 15 is 0 Å². The molecule has 1 aromatic carbocycles. The molecule has 0 bridgehead atoms. The number of carboxylic acids is 1. The summed E-state index contributed by atoms with van der Waals surface area (Å²) >= 11 is 0. The maximum atomic E-state index is 12.2. The van der Waals surface area contributed by atoms with Crippen molar-refractivity contribution in [2.45, 2.75) is 38.5 Å². The summed E-state index contributed by atoms with van der Waals surface area (Å²) < 4.78 is 29.4. The number of carboxylic acid groups (broad SMARTS) is 1. The highest BCUT2D eigenvalue weighted by molar-refractivity contribution is 7.90. The van der Waals surface area contributed by atoms with Gasteiger partial charge in [-0.05, 0) is 26.3 Å². The lowest BCUT2D eigenvalue weighted by atomic mass is 10.1. The Labute approximate surface area is 136 Å². The number of carbonyl (C=O) groups is 2. The standard InChI is InChI=1S/C16H22O6S/c1-16(2,3)22-14(17)9-13(15(18)19)11-23(20,21)10-12-7-5-4-6-8-12/h4-8,13H,9-11H2,1-3H3,(H,18,19)/t13-/m0/s1. The summed E-state index contributed by atoms with van der Waals surface area (Å²) in [6.07, 6.45) is -0.472. The summed E-state index contributed by atoms with van der Waals surface area (Å²) in [5.74, 6) is -4.23. The predicted octanol–water partition coefficient (Wildman–Crippen LogP) is 2.03. The van der Waals surface area contributed by atoms with E-state index in [0.29, 0.717) is 5.56 Å². The smallest absolute Gasteiger partial charge is 0.308 e. The number of aliphatic carboxylic acids is 1. The lowest BCUT2D eigenvalue weighted by molar-refractivity contribution is -0.159. The Morgan fingerprint density at radius 2 is 1.74 bits per heavy atom. The number of sulfone groups is 1. The average Bonchev–Trinajstić information content (AvgIpc) is 2.35. The maximum absolute atomic E-state index is 12.2. The zero-order valence-corrected chi connectivity index (χ0v) is 14.3. The third-order valence-electron chi connectivity index (χ3n) is 2.87. The van der Waals surface area contributed by atoms with Crippen molar-refractivity contribution in [3.05, 3.63) is 35.9 Å². The van der Waals surface area contributed by atoms with Gasteiger partial charge in [0.1, 0.15) is 5.60 Å². The van der Waals surface area contributed by atoms with E-state index < -0.39 is 45.5 Å². The Balaban J connectivity index is 2.75. The number of carbonyl (C=O) groups excluding carboxylic acids is 1. The minimum absolute atomic E-state index is 0.258. The van der Waals surface area contributed by atoms with Crippen LogP contribution in [0.25, 0.3) is 0 Å². The highest BCUT2D eigenvalue weighted by atomic mass is 32.2. The van der Waals surface area contributed by atoms with Gasteiger partial charge < -0.3 is 9.84 Å². The SMILES string of the molecule is CC(C)(C)OC(=O)C[C@@H](CS(=O)(=O)Cc1ccccc1)C(=O)O. The molecular formula is C16H22O6S. The summed E-state index contributed by atoms with van der Waals surface area (Å²) in [6.45, 7) is 4.98. The third kappa shape index (κ3) is 7.78. The molecule has 0 aliphatic carbocycles. The zero-order chi connectivity index (χ0) is 17.7. The van der Waals surface area contributed by atoms with Crippen molar-refractivity contribution >= 4 is 21.8 Å². The summed E-state index contributed by atoms with van der Waals surface area (Å²) in [6, 6.07) is 8.49. The minimum atomic E-state index is -3.66. The van der Waals surface area contributed by atoms with Gasteiger partial charge in [0.25, 0.3) is 0 Å². The van der Waals surface area contributed by atoms with Crippen molar-refractivity contribution in [1.29, 1.82) is 0 Å². The molecule has 0 heterocycles. The van der Waals surface area contributed by atoms with Gasteiger partial charge in [0.05, 0.1) is 23.8 Å². The predicted molar refractivity (Wildman–Crippen MR) is 85.5 cm³/mol. The van der Waals surface area contributed by atoms with Gasteiger partial charge in [-0.3, -0.25) is 9.59 Å². The zero-order valence-electron chi connectivity index (χ0n) is 13.5. The van der Waals surface area contributed by atoms with Crippen molar-refractivity contribution in [2.75, 3.05) is 5.75 Å². The van der Waals surface area contributed by atoms with Gasteiger partial charge >= 0.3 is 11.9 Å². The van der Waals surface area contributed by atoms with E-state index in [9.17, 15) is 23.1 Å². The fourth-order valence-corrected chi connectivity index (χ4v) is 3.69. The lowest BCUT2D eigenvalue weighted by Gasteiger charge is -2.21. The largest absolute Gasteiger partial charge is 0.481 e. The second-order valence-corrected chi connectivity index (χ2v) is 8.48. The molecule has 6 nitrogen and oxygen atoms in total. The van der Waals surface area contributed by atoms with Crippen molar-refractivity contribution < 1.29 is 27.9 Å². The highest BCUT2D eigenvalue weighted by Crippen LogP contribution is 2.16. The molecule has 0 saturated carbocycles. The van der Waals surface area contributed by atoms with E-state index in [2.05, 4.69) is 0 Å². The lowest BCUT2D eigenvalue weighted by Crippen LogP contribution is -2.31. The van der Waals surface area contributed by atoms with Gasteiger partial charge in [0.15, 0.2) is 9.84 Å². The Bertz CT molecular complexity index is 643. The van der Waals surface area contributed by atoms with Gasteiger partial charge in [0, 0.05) is 0 Å². The van der Waals surface area contributed by atoms with Crippen LogP contribution in [0.5, 0.6) is 0 Å². The highest BCUT2D eigenvalue weighted by Gasteiger charge is 2.29. The van der Waals surface area contributed by atoms with Crippen LogP contribution in [0.1, 0.15) is 32.8 Å². The molecule has 0 spiro atoms. The molecule has 0 unspecified atom stereocenters. The fraction of sp³-hybridized carbons (Fsp3) is 0.500. The normalized spacial score (nSPS) is 13.3. The van der Waals surface area contributed by atoms with Gasteiger partial charge in [-0.25, -0.2) is 8.42 Å². The molecule has 0 radical (unpaired) electrons. The molecule has 128 valence electrons. The van der Waals surface area contributed by atoms with Crippen LogP contribution in [-0.4, -0.2) is 36.8 Å². The van der Waals surface area contributed by atoms with E-state index in [0.717, 1.165) is 0 Å². The van der Waals surface area contributed by atoms with Crippen LogP contribution in [-0.2, 0) is 29.9 Å². The van der Waals surface area contributed by atoms with Crippen LogP contribution in [0, 0.1) is 5.92 Å². The number of rotatable bonds is 7. The summed E-state index contributed by atoms with van der Waals surface area (Å²) in [7, 11) is -3.66. The van der Waals surface area contributed by atoms with Crippen LogP contribution in [0.15, 0.2) is 30.3 Å². The van der Waals surface area contributed by atoms with E-state index in [-0.39, 0.29) is 5.75 Å². The first-order valence-electron chi connectivity index (χ1n) is 7.17. The van der Waals surface area contributed by atoms with E-state index in [1.54, 1.807) is 51.1 Å². The topological polar surface area (TPSA) is 97.7 Å². The molecule has 1 atom stereocenters. The van der Waals surface area contributed by atoms with Gasteiger partial charge in [-0.1, -0.05) is 30.3 Å². The number of hydrogen-bond acceptors (Lipinski definition) is 5. The summed E-state index contributed by atoms with van der Waals surface area (Å²) in [4.78, 5) is 23.0. The van der Waals surface area contributed by atoms with Crippen LogP contribution < -0.4 is 0 Å². The third-order valence-corrected chi connectivity index (χ3v) is 4.55. The monoisotopic (exact) mass is 342 g/mol. The van der Waals surface area contributed by atoms with Gasteiger partial charge in [0.2, 0.25) is 0 Å². The molecular weight excluding hydrogens is 320 g/mol. The fourth-order valence-electron chi connectivity index (χ4n) is 2.00. The number of ether oxygens (including phenoxy) is 1. The van der Waals surface area contributed by atoms with Gasteiger partial charge in [-0.2, -0.15) is 0 Å². The molecule has 1 rings (SSSR count). The average molecular weight is 342 g/mol. The minimum Gasteiger partial charge on any atom is -0.481 e. The van der Waals surface area contributed by atoms with Crippen molar-refractivity contribution in [2.24, 2.45) is 5.92 Å². The molecule has 0 aliphatic rings. The molecule has 0 aromatic heterocycles. The molecule has 0 fully saturated rings. The van der Waals surface area contributed by atoms with Crippen LogP contribution in [0.3, 0.4) is 0 Å². The number of benzene rings is 1. The molecule has 1 aromatic rings. The second kappa shape index (κ2) is 7.59. The first-order valence-corrected chi connectivity index (χ1v) is 9.00. The molecule has 1 N–H and O–H groups in total. The van der Waals surface area contributed by atoms with Crippen LogP contribution in [0.2, 0.25) is 0 Å². The Kier molecular flexibility index (Phi) is 6.32. The van der Waals surface area contributed by atoms with Crippen molar-refractivity contribution in [3.63, 3.8) is 0 Å². The molecule has 0 amide bonds. The Hall–Kier alpha value is -1.89. The van der Waals surface area contributed by atoms with E-state index in [1.165, 1.54) is 0 Å². The quantitative estimate of drug-likeness (QED) is 0.762. The molecule has 0 saturated heterocycles. The number of esters is 1. The van der Waals surface area contributed by atoms with E-state index in [1.807, 2.05) is 0 Å². The van der Waals surface area contributed by atoms with Crippen LogP contribution >= 0.6 is 0 Å². The summed E-state index contributed by atoms with van der Waals surface area (Å²) in [5.41, 5.74) is -0.169. The summed E-state index contributed by atoms with van der Waals surface area (Å²) in [5, 5.41) is 9.18.